The molecule has 0 aliphatic rings. The molecule has 5 nitrogen and oxygen atoms in total. The van der Waals surface area contributed by atoms with E-state index in [0.717, 1.165) is 6.54 Å². The molecule has 0 heterocycles. The summed E-state index contributed by atoms with van der Waals surface area (Å²) in [5.41, 5.74) is 5.01. The van der Waals surface area contributed by atoms with E-state index in [1.165, 1.54) is 22.3 Å². The maximum Gasteiger partial charge on any atom is 0.241 e. The second kappa shape index (κ2) is 10.5. The summed E-state index contributed by atoms with van der Waals surface area (Å²) in [5.74, 6) is 0.686. The van der Waals surface area contributed by atoms with Crippen molar-refractivity contribution in [3.63, 3.8) is 0 Å². The lowest BCUT2D eigenvalue weighted by Gasteiger charge is -2.15. The van der Waals surface area contributed by atoms with Gasteiger partial charge in [-0.15, -0.1) is 24.0 Å². The van der Waals surface area contributed by atoms with Crippen LogP contribution in [0.25, 0.3) is 0 Å². The largest absolute Gasteiger partial charge is 0.357 e. The molecular formula is C17H29IN4O. The number of aryl methyl sites for hydroxylation is 3. The Hall–Kier alpha value is -1.31. The van der Waals surface area contributed by atoms with Gasteiger partial charge >= 0.3 is 0 Å². The molecule has 1 aromatic carbocycles. The van der Waals surface area contributed by atoms with Crippen molar-refractivity contribution in [3.05, 3.63) is 34.4 Å². The Balaban J connectivity index is 0.00000484. The van der Waals surface area contributed by atoms with Crippen LogP contribution in [-0.2, 0) is 11.3 Å². The Morgan fingerprint density at radius 2 is 1.70 bits per heavy atom. The number of nitrogens with zero attached hydrogens (tertiary/aromatic N) is 2. The molecule has 1 aromatic rings. The molecular weight excluding hydrogens is 403 g/mol. The first kappa shape index (κ1) is 21.7. The molecule has 0 saturated heterocycles. The van der Waals surface area contributed by atoms with Gasteiger partial charge in [0.2, 0.25) is 5.91 Å². The van der Waals surface area contributed by atoms with Gasteiger partial charge in [-0.1, -0.05) is 17.7 Å². The number of nitrogens with one attached hydrogen (secondary N) is 2. The molecule has 0 aliphatic carbocycles. The number of carbonyl (C=O) groups excluding carboxylic acids is 1. The van der Waals surface area contributed by atoms with Crippen LogP contribution in [0.2, 0.25) is 0 Å². The van der Waals surface area contributed by atoms with Gasteiger partial charge in [0, 0.05) is 20.6 Å². The Kier molecular flexibility index (Phi) is 9.87. The third kappa shape index (κ3) is 7.20. The molecule has 0 fully saturated rings. The van der Waals surface area contributed by atoms with E-state index >= 15 is 0 Å². The van der Waals surface area contributed by atoms with Crippen LogP contribution in [0.1, 0.15) is 29.2 Å². The zero-order valence-corrected chi connectivity index (χ0v) is 17.3. The molecule has 23 heavy (non-hydrogen) atoms. The van der Waals surface area contributed by atoms with Gasteiger partial charge in [0.05, 0.1) is 13.1 Å². The summed E-state index contributed by atoms with van der Waals surface area (Å²) in [5, 5.41) is 6.24. The molecule has 1 rings (SSSR count). The van der Waals surface area contributed by atoms with E-state index in [1.54, 1.807) is 19.0 Å². The minimum absolute atomic E-state index is 0. The summed E-state index contributed by atoms with van der Waals surface area (Å²) in [7, 11) is 3.49. The molecule has 2 N–H and O–H groups in total. The van der Waals surface area contributed by atoms with Crippen LogP contribution < -0.4 is 10.6 Å². The fourth-order valence-electron chi connectivity index (χ4n) is 2.28. The third-order valence-corrected chi connectivity index (χ3v) is 3.49. The van der Waals surface area contributed by atoms with Gasteiger partial charge in [0.25, 0.3) is 0 Å². The lowest BCUT2D eigenvalue weighted by Crippen LogP contribution is -2.42. The Morgan fingerprint density at radius 3 is 2.17 bits per heavy atom. The van der Waals surface area contributed by atoms with Crippen molar-refractivity contribution in [1.29, 1.82) is 0 Å². The topological polar surface area (TPSA) is 56.7 Å². The number of halogens is 1. The van der Waals surface area contributed by atoms with Crippen LogP contribution in [0.4, 0.5) is 0 Å². The summed E-state index contributed by atoms with van der Waals surface area (Å²) in [6.45, 7) is 9.93. The number of amides is 1. The zero-order valence-electron chi connectivity index (χ0n) is 15.0. The van der Waals surface area contributed by atoms with E-state index in [1.807, 2.05) is 6.92 Å². The SMILES string of the molecule is CCNC(=NCc1c(C)cc(C)cc1C)NCC(=O)N(C)C.I. The first-order valence-corrected chi connectivity index (χ1v) is 7.64. The van der Waals surface area contributed by atoms with Gasteiger partial charge in [0.15, 0.2) is 5.96 Å². The van der Waals surface area contributed by atoms with Crippen molar-refractivity contribution < 1.29 is 4.79 Å². The quantitative estimate of drug-likeness (QED) is 0.427. The molecule has 1 amide bonds. The predicted octanol–water partition coefficient (Wildman–Crippen LogP) is 2.37. The van der Waals surface area contributed by atoms with Gasteiger partial charge in [-0.2, -0.15) is 0 Å². The molecule has 0 aromatic heterocycles. The molecule has 0 saturated carbocycles. The highest BCUT2D eigenvalue weighted by molar-refractivity contribution is 14.0. The molecule has 0 aliphatic heterocycles. The van der Waals surface area contributed by atoms with Crippen molar-refractivity contribution in [2.75, 3.05) is 27.2 Å². The molecule has 0 bridgehead atoms. The molecule has 0 atom stereocenters. The van der Waals surface area contributed by atoms with E-state index in [4.69, 9.17) is 0 Å². The van der Waals surface area contributed by atoms with E-state index < -0.39 is 0 Å². The lowest BCUT2D eigenvalue weighted by molar-refractivity contribution is -0.127. The molecule has 0 radical (unpaired) electrons. The van der Waals surface area contributed by atoms with Gasteiger partial charge < -0.3 is 15.5 Å². The maximum atomic E-state index is 11.7. The number of aliphatic imine (C=N–C) groups is 1. The fraction of sp³-hybridized carbons (Fsp3) is 0.529. The van der Waals surface area contributed by atoms with E-state index in [0.29, 0.717) is 12.5 Å². The van der Waals surface area contributed by atoms with E-state index in [9.17, 15) is 4.79 Å². The third-order valence-electron chi connectivity index (χ3n) is 3.49. The number of guanidine groups is 1. The van der Waals surface area contributed by atoms with E-state index in [2.05, 4.69) is 48.5 Å². The summed E-state index contributed by atoms with van der Waals surface area (Å²) in [4.78, 5) is 17.8. The highest BCUT2D eigenvalue weighted by atomic mass is 127. The Bertz CT molecular complexity index is 533. The molecule has 0 unspecified atom stereocenters. The summed E-state index contributed by atoms with van der Waals surface area (Å²) >= 11 is 0. The van der Waals surface area contributed by atoms with Crippen LogP contribution in [-0.4, -0.2) is 44.0 Å². The van der Waals surface area contributed by atoms with Crippen molar-refractivity contribution in [2.45, 2.75) is 34.2 Å². The first-order chi connectivity index (χ1) is 10.3. The van der Waals surface area contributed by atoms with Crippen molar-refractivity contribution in [2.24, 2.45) is 4.99 Å². The van der Waals surface area contributed by atoms with Crippen LogP contribution >= 0.6 is 24.0 Å². The molecule has 6 heteroatoms. The van der Waals surface area contributed by atoms with Gasteiger partial charge in [-0.05, 0) is 44.4 Å². The van der Waals surface area contributed by atoms with Gasteiger partial charge in [0.1, 0.15) is 0 Å². The molecule has 0 spiro atoms. The highest BCUT2D eigenvalue weighted by Crippen LogP contribution is 2.17. The van der Waals surface area contributed by atoms with E-state index in [-0.39, 0.29) is 36.4 Å². The minimum atomic E-state index is 0. The predicted molar refractivity (Wildman–Crippen MR) is 108 cm³/mol. The minimum Gasteiger partial charge on any atom is -0.357 e. The van der Waals surface area contributed by atoms with Crippen LogP contribution in [0.3, 0.4) is 0 Å². The number of likely N-dealkylation sites (N-methyl/N-ethyl adjacent to an activating group) is 1. The highest BCUT2D eigenvalue weighted by Gasteiger charge is 2.07. The van der Waals surface area contributed by atoms with Crippen LogP contribution in [0.15, 0.2) is 17.1 Å². The first-order valence-electron chi connectivity index (χ1n) is 7.64. The van der Waals surface area contributed by atoms with Crippen LogP contribution in [0.5, 0.6) is 0 Å². The average molecular weight is 432 g/mol. The smallest absolute Gasteiger partial charge is 0.241 e. The second-order valence-corrected chi connectivity index (χ2v) is 5.71. The number of hydrogen-bond donors (Lipinski definition) is 2. The van der Waals surface area contributed by atoms with Crippen molar-refractivity contribution in [1.82, 2.24) is 15.5 Å². The molecule has 130 valence electrons. The van der Waals surface area contributed by atoms with Crippen molar-refractivity contribution in [3.8, 4) is 0 Å². The average Bonchev–Trinajstić information content (AvgIpc) is 2.42. The number of hydrogen-bond acceptors (Lipinski definition) is 2. The Morgan fingerprint density at radius 1 is 1.13 bits per heavy atom. The van der Waals surface area contributed by atoms with Crippen molar-refractivity contribution >= 4 is 35.8 Å². The monoisotopic (exact) mass is 432 g/mol. The summed E-state index contributed by atoms with van der Waals surface area (Å²) in [6, 6.07) is 4.35. The number of carbonyl (C=O) groups is 1. The summed E-state index contributed by atoms with van der Waals surface area (Å²) in [6.07, 6.45) is 0. The summed E-state index contributed by atoms with van der Waals surface area (Å²) < 4.78 is 0. The standard InChI is InChI=1S/C17H28N4O.HI/c1-7-18-17(20-11-16(22)21(5)6)19-10-15-13(3)8-12(2)9-14(15)4;/h8-9H,7,10-11H2,1-6H3,(H2,18,19,20);1H. The zero-order chi connectivity index (χ0) is 16.7. The van der Waals surface area contributed by atoms with Gasteiger partial charge in [-0.25, -0.2) is 4.99 Å². The fourth-order valence-corrected chi connectivity index (χ4v) is 2.28. The Labute approximate surface area is 157 Å². The number of rotatable bonds is 5. The maximum absolute atomic E-state index is 11.7. The normalized spacial score (nSPS) is 10.8. The lowest BCUT2D eigenvalue weighted by atomic mass is 10.00. The second-order valence-electron chi connectivity index (χ2n) is 5.71. The number of benzene rings is 1. The van der Waals surface area contributed by atoms with Crippen LogP contribution in [0, 0.1) is 20.8 Å². The van der Waals surface area contributed by atoms with Gasteiger partial charge in [-0.3, -0.25) is 4.79 Å².